The molecule has 0 atom stereocenters. The fourth-order valence-corrected chi connectivity index (χ4v) is 3.82. The fraction of sp³-hybridized carbons (Fsp3) is 0.765. The van der Waals surface area contributed by atoms with Gasteiger partial charge in [-0.3, -0.25) is 0 Å². The molecule has 1 aliphatic carbocycles. The van der Waals surface area contributed by atoms with Crippen LogP contribution in [-0.2, 0) is 6.42 Å². The summed E-state index contributed by atoms with van der Waals surface area (Å²) in [6.07, 6.45) is 8.78. The van der Waals surface area contributed by atoms with E-state index in [1.165, 1.54) is 38.5 Å². The fourth-order valence-electron chi connectivity index (χ4n) is 3.35. The summed E-state index contributed by atoms with van der Waals surface area (Å²) in [5.41, 5.74) is 7.26. The third kappa shape index (κ3) is 4.54. The molecule has 1 aromatic rings. The molecule has 2 N–H and O–H groups in total. The lowest BCUT2D eigenvalue weighted by Gasteiger charge is -2.28. The largest absolute Gasteiger partial charge is 0.383 e. The molecule has 4 heteroatoms. The molecule has 1 heterocycles. The number of nitrogens with zero attached hydrogens (tertiary/aromatic N) is 2. The Labute approximate surface area is 142 Å². The van der Waals surface area contributed by atoms with Gasteiger partial charge in [-0.05, 0) is 66.5 Å². The van der Waals surface area contributed by atoms with Crippen LogP contribution in [0.3, 0.4) is 0 Å². The summed E-state index contributed by atoms with van der Waals surface area (Å²) in [6, 6.07) is 0. The van der Waals surface area contributed by atoms with Crippen LogP contribution in [-0.4, -0.2) is 9.97 Å². The summed E-state index contributed by atoms with van der Waals surface area (Å²) < 4.78 is 1.05. The van der Waals surface area contributed by atoms with Gasteiger partial charge in [0, 0.05) is 5.92 Å². The number of aromatic nitrogens is 2. The molecular formula is C17H28IN3. The molecule has 2 rings (SSSR count). The van der Waals surface area contributed by atoms with Crippen LogP contribution in [0.5, 0.6) is 0 Å². The topological polar surface area (TPSA) is 51.8 Å². The predicted octanol–water partition coefficient (Wildman–Crippen LogP) is 4.94. The highest BCUT2D eigenvalue weighted by molar-refractivity contribution is 14.1. The lowest BCUT2D eigenvalue weighted by Crippen LogP contribution is -2.18. The molecule has 1 aromatic heterocycles. The second kappa shape index (κ2) is 7.75. The van der Waals surface area contributed by atoms with Crippen molar-refractivity contribution in [1.29, 1.82) is 0 Å². The second-order valence-electron chi connectivity index (χ2n) is 6.83. The third-order valence-electron chi connectivity index (χ3n) is 4.47. The molecule has 1 fully saturated rings. The highest BCUT2D eigenvalue weighted by Crippen LogP contribution is 2.37. The monoisotopic (exact) mass is 401 g/mol. The highest BCUT2D eigenvalue weighted by Gasteiger charge is 2.25. The van der Waals surface area contributed by atoms with Crippen molar-refractivity contribution in [1.82, 2.24) is 9.97 Å². The number of hydrogen-bond acceptors (Lipinski definition) is 3. The Morgan fingerprint density at radius 3 is 2.43 bits per heavy atom. The van der Waals surface area contributed by atoms with E-state index < -0.39 is 0 Å². The second-order valence-corrected chi connectivity index (χ2v) is 7.91. The van der Waals surface area contributed by atoms with Crippen molar-refractivity contribution < 1.29 is 0 Å². The molecule has 0 bridgehead atoms. The van der Waals surface area contributed by atoms with Gasteiger partial charge in [0.15, 0.2) is 0 Å². The van der Waals surface area contributed by atoms with E-state index in [-0.39, 0.29) is 0 Å². The number of nitrogens with two attached hydrogens (primary N) is 1. The van der Waals surface area contributed by atoms with Crippen molar-refractivity contribution in [3.63, 3.8) is 0 Å². The average molecular weight is 401 g/mol. The maximum Gasteiger partial charge on any atom is 0.140 e. The van der Waals surface area contributed by atoms with Crippen LogP contribution < -0.4 is 5.73 Å². The Balaban J connectivity index is 2.12. The van der Waals surface area contributed by atoms with E-state index in [1.807, 2.05) is 0 Å². The maximum absolute atomic E-state index is 6.12. The lowest BCUT2D eigenvalue weighted by atomic mass is 9.79. The van der Waals surface area contributed by atoms with Crippen molar-refractivity contribution in [3.05, 3.63) is 15.1 Å². The van der Waals surface area contributed by atoms with Gasteiger partial charge in [-0.25, -0.2) is 9.97 Å². The first-order valence-electron chi connectivity index (χ1n) is 8.33. The summed E-state index contributed by atoms with van der Waals surface area (Å²) in [5.74, 6) is 3.71. The number of rotatable bonds is 5. The van der Waals surface area contributed by atoms with Gasteiger partial charge >= 0.3 is 0 Å². The van der Waals surface area contributed by atoms with E-state index in [2.05, 4.69) is 48.3 Å². The van der Waals surface area contributed by atoms with Crippen molar-refractivity contribution in [2.45, 2.75) is 71.6 Å². The van der Waals surface area contributed by atoms with E-state index in [9.17, 15) is 0 Å². The molecule has 118 valence electrons. The lowest BCUT2D eigenvalue weighted by molar-refractivity contribution is 0.302. The Bertz CT molecular complexity index is 465. The van der Waals surface area contributed by atoms with E-state index in [0.717, 1.165) is 27.4 Å². The molecule has 0 radical (unpaired) electrons. The Morgan fingerprint density at radius 1 is 1.19 bits per heavy atom. The molecule has 0 aliphatic heterocycles. The van der Waals surface area contributed by atoms with Gasteiger partial charge in [-0.15, -0.1) is 0 Å². The van der Waals surface area contributed by atoms with Gasteiger partial charge in [0.05, 0.1) is 9.26 Å². The molecule has 3 nitrogen and oxygen atoms in total. The van der Waals surface area contributed by atoms with Gasteiger partial charge in [-0.2, -0.15) is 0 Å². The molecular weight excluding hydrogens is 373 g/mol. The van der Waals surface area contributed by atoms with Gasteiger partial charge in [0.2, 0.25) is 0 Å². The van der Waals surface area contributed by atoms with Crippen LogP contribution in [0.1, 0.15) is 76.7 Å². The minimum Gasteiger partial charge on any atom is -0.383 e. The quantitative estimate of drug-likeness (QED) is 0.712. The van der Waals surface area contributed by atoms with E-state index in [1.54, 1.807) is 0 Å². The number of hydrogen-bond donors (Lipinski definition) is 1. The first-order valence-corrected chi connectivity index (χ1v) is 9.40. The van der Waals surface area contributed by atoms with Crippen molar-refractivity contribution in [2.75, 3.05) is 5.73 Å². The zero-order valence-electron chi connectivity index (χ0n) is 13.5. The van der Waals surface area contributed by atoms with Gasteiger partial charge in [0.25, 0.3) is 0 Å². The van der Waals surface area contributed by atoms with Crippen LogP contribution >= 0.6 is 22.6 Å². The van der Waals surface area contributed by atoms with Crippen molar-refractivity contribution in [3.8, 4) is 0 Å². The molecule has 0 amide bonds. The predicted molar refractivity (Wildman–Crippen MR) is 97.3 cm³/mol. The van der Waals surface area contributed by atoms with Crippen molar-refractivity contribution in [2.24, 2.45) is 11.8 Å². The van der Waals surface area contributed by atoms with Crippen LogP contribution in [0.2, 0.25) is 0 Å². The zero-order valence-corrected chi connectivity index (χ0v) is 15.7. The Hall–Kier alpha value is -0.390. The number of halogens is 1. The molecule has 0 unspecified atom stereocenters. The van der Waals surface area contributed by atoms with Gasteiger partial charge in [-0.1, -0.05) is 33.6 Å². The number of anilines is 1. The minimum atomic E-state index is 0.517. The smallest absolute Gasteiger partial charge is 0.140 e. The molecule has 21 heavy (non-hydrogen) atoms. The molecule has 0 spiro atoms. The van der Waals surface area contributed by atoms with E-state index in [4.69, 9.17) is 10.7 Å². The van der Waals surface area contributed by atoms with Crippen LogP contribution in [0.15, 0.2) is 0 Å². The normalized spacial score (nSPS) is 22.7. The number of nitrogen functional groups attached to an aromatic ring is 1. The van der Waals surface area contributed by atoms with Crippen LogP contribution in [0, 0.1) is 15.4 Å². The summed E-state index contributed by atoms with van der Waals surface area (Å²) in [6.45, 7) is 6.74. The standard InChI is InChI=1S/C17H28IN3/c1-4-5-12-6-8-13(9-7-12)17-20-14(10-11(2)3)15(18)16(19)21-17/h11-13H,4-10H2,1-3H3,(H2,19,20,21). The Kier molecular flexibility index (Phi) is 6.26. The third-order valence-corrected chi connectivity index (χ3v) is 5.65. The first kappa shape index (κ1) is 17.0. The molecule has 1 aliphatic rings. The zero-order chi connectivity index (χ0) is 15.4. The SMILES string of the molecule is CCCC1CCC(c2nc(N)c(I)c(CC(C)C)n2)CC1. The molecule has 1 saturated carbocycles. The van der Waals surface area contributed by atoms with Crippen LogP contribution in [0.25, 0.3) is 0 Å². The minimum absolute atomic E-state index is 0.517. The summed E-state index contributed by atoms with van der Waals surface area (Å²) in [4.78, 5) is 9.46. The average Bonchev–Trinajstić information content (AvgIpc) is 2.44. The first-order chi connectivity index (χ1) is 10.0. The van der Waals surface area contributed by atoms with Gasteiger partial charge in [0.1, 0.15) is 11.6 Å². The van der Waals surface area contributed by atoms with Crippen molar-refractivity contribution >= 4 is 28.4 Å². The summed E-state index contributed by atoms with van der Waals surface area (Å²) >= 11 is 2.29. The molecule has 0 saturated heterocycles. The summed E-state index contributed by atoms with van der Waals surface area (Å²) in [5, 5.41) is 0. The molecule has 0 aromatic carbocycles. The highest BCUT2D eigenvalue weighted by atomic mass is 127. The summed E-state index contributed by atoms with van der Waals surface area (Å²) in [7, 11) is 0. The van der Waals surface area contributed by atoms with E-state index in [0.29, 0.717) is 17.7 Å². The maximum atomic E-state index is 6.12. The van der Waals surface area contributed by atoms with E-state index >= 15 is 0 Å². The van der Waals surface area contributed by atoms with Gasteiger partial charge < -0.3 is 5.73 Å². The van der Waals surface area contributed by atoms with Crippen LogP contribution in [0.4, 0.5) is 5.82 Å². The Morgan fingerprint density at radius 2 is 1.86 bits per heavy atom.